The molecule has 1 aromatic carbocycles. The fourth-order valence-electron chi connectivity index (χ4n) is 1.94. The van der Waals surface area contributed by atoms with Gasteiger partial charge < -0.3 is 9.84 Å². The Morgan fingerprint density at radius 2 is 2.00 bits per heavy atom. The number of hydrogen-bond donors (Lipinski definition) is 3. The zero-order valence-electron chi connectivity index (χ0n) is 14.2. The van der Waals surface area contributed by atoms with Crippen molar-refractivity contribution in [3.8, 4) is 5.75 Å². The van der Waals surface area contributed by atoms with Gasteiger partial charge in [-0.1, -0.05) is 0 Å². The van der Waals surface area contributed by atoms with E-state index in [9.17, 15) is 18.0 Å². The maximum absolute atomic E-state index is 12.3. The molecule has 12 heteroatoms. The van der Waals surface area contributed by atoms with Crippen LogP contribution in [0.5, 0.6) is 5.75 Å². The van der Waals surface area contributed by atoms with Gasteiger partial charge in [0.15, 0.2) is 5.78 Å². The molecule has 0 aromatic heterocycles. The van der Waals surface area contributed by atoms with Crippen LogP contribution in [0.3, 0.4) is 0 Å². The van der Waals surface area contributed by atoms with Crippen LogP contribution in [0.25, 0.3) is 0 Å². The number of ether oxygens (including phenoxy) is 1. The number of carbonyl (C=O) groups is 2. The van der Waals surface area contributed by atoms with Gasteiger partial charge in [-0.05, 0) is 36.6 Å². The lowest BCUT2D eigenvalue weighted by Crippen LogP contribution is -2.40. The van der Waals surface area contributed by atoms with Crippen molar-refractivity contribution >= 4 is 59.4 Å². The molecule has 0 aliphatic rings. The molecule has 8 nitrogen and oxygen atoms in total. The molecule has 0 saturated carbocycles. The van der Waals surface area contributed by atoms with Crippen molar-refractivity contribution in [1.82, 2.24) is 5.32 Å². The Balaban J connectivity index is 0. The topological polar surface area (TPSA) is 136 Å². The lowest BCUT2D eigenvalue weighted by molar-refractivity contribution is -0.139. The summed E-state index contributed by atoms with van der Waals surface area (Å²) < 4.78 is 27.9. The van der Waals surface area contributed by atoms with Crippen molar-refractivity contribution in [2.45, 2.75) is 17.4 Å². The summed E-state index contributed by atoms with van der Waals surface area (Å²) in [5, 5.41) is 16.9. The minimum atomic E-state index is -3.97. The molecule has 0 saturated heterocycles. The number of primary sulfonamides is 1. The van der Waals surface area contributed by atoms with Crippen molar-refractivity contribution in [3.05, 3.63) is 23.8 Å². The maximum Gasteiger partial charge on any atom is 0.320 e. The number of ketones is 1. The first kappa shape index (κ1) is 27.2. The van der Waals surface area contributed by atoms with E-state index >= 15 is 0 Å². The minimum Gasteiger partial charge on any atom is -0.496 e. The number of Topliss-reactive ketones (excluding diaryl/α,β-unsaturated/α-hetero) is 1. The normalized spacial score (nSPS) is 11.7. The summed E-state index contributed by atoms with van der Waals surface area (Å²) >= 11 is 1.50. The van der Waals surface area contributed by atoms with Crippen molar-refractivity contribution in [2.75, 3.05) is 25.7 Å². The summed E-state index contributed by atoms with van der Waals surface area (Å²) in [5.41, 5.74) is 0.0190. The third-order valence-corrected chi connectivity index (χ3v) is 4.77. The maximum atomic E-state index is 12.3. The van der Waals surface area contributed by atoms with Gasteiger partial charge in [0.2, 0.25) is 10.0 Å². The van der Waals surface area contributed by atoms with E-state index in [-0.39, 0.29) is 48.7 Å². The van der Waals surface area contributed by atoms with E-state index in [1.807, 2.05) is 6.26 Å². The Bertz CT molecular complexity index is 715. The Hall–Kier alpha value is -0.980. The van der Waals surface area contributed by atoms with Gasteiger partial charge in [-0.25, -0.2) is 13.6 Å². The zero-order chi connectivity index (χ0) is 18.3. The minimum absolute atomic E-state index is 0. The van der Waals surface area contributed by atoms with Crippen LogP contribution >= 0.6 is 37.7 Å². The molecule has 4 N–H and O–H groups in total. The molecule has 26 heavy (non-hydrogen) atoms. The number of rotatable bonds is 10. The lowest BCUT2D eigenvalue weighted by Gasteiger charge is -2.14. The average Bonchev–Trinajstić information content (AvgIpc) is 2.52. The number of nitrogens with two attached hydrogens (primary N) is 1. The summed E-state index contributed by atoms with van der Waals surface area (Å²) in [6.07, 6.45) is 2.21. The first-order chi connectivity index (χ1) is 11.2. The van der Waals surface area contributed by atoms with E-state index in [2.05, 4.69) is 5.32 Å². The predicted molar refractivity (Wildman–Crippen MR) is 109 cm³/mol. The molecule has 1 atom stereocenters. The van der Waals surface area contributed by atoms with E-state index < -0.39 is 27.8 Å². The van der Waals surface area contributed by atoms with Crippen LogP contribution in [-0.4, -0.2) is 57.0 Å². The molecule has 0 aliphatic carbocycles. The highest BCUT2D eigenvalue weighted by Gasteiger charge is 2.21. The van der Waals surface area contributed by atoms with Crippen molar-refractivity contribution < 1.29 is 27.9 Å². The predicted octanol–water partition coefficient (Wildman–Crippen LogP) is 0.856. The van der Waals surface area contributed by atoms with Crippen molar-refractivity contribution in [1.29, 1.82) is 0 Å². The first-order valence-electron chi connectivity index (χ1n) is 6.90. The van der Waals surface area contributed by atoms with Gasteiger partial charge >= 0.3 is 5.97 Å². The second-order valence-electron chi connectivity index (χ2n) is 4.88. The standard InChI is InChI=1S/C14H20N2O6S2.ClH.H2S/c1-22-13-4-3-9(24(15,20)21)7-10(13)12(17)8-16-11(14(18)19)5-6-23-2;;/h3-4,7,11,16H,5-6,8H2,1-2H3,(H,18,19)(H2,15,20,21);1H;1H2/t11-;;/m0../s1. The average molecular weight is 447 g/mol. The monoisotopic (exact) mass is 446 g/mol. The third-order valence-electron chi connectivity index (χ3n) is 3.22. The fraction of sp³-hybridized carbons (Fsp3) is 0.429. The van der Waals surface area contributed by atoms with E-state index in [0.717, 1.165) is 6.07 Å². The number of carbonyl (C=O) groups excluding carboxylic acids is 1. The third kappa shape index (κ3) is 8.14. The van der Waals surface area contributed by atoms with Gasteiger partial charge in [0.1, 0.15) is 11.8 Å². The number of carboxylic acid groups (broad SMARTS) is 1. The highest BCUT2D eigenvalue weighted by Crippen LogP contribution is 2.22. The van der Waals surface area contributed by atoms with Crippen LogP contribution in [0.15, 0.2) is 23.1 Å². The Kier molecular flexibility index (Phi) is 13.0. The van der Waals surface area contributed by atoms with Crippen LogP contribution in [0, 0.1) is 0 Å². The number of aliphatic carboxylic acids is 1. The van der Waals surface area contributed by atoms with E-state index in [4.69, 9.17) is 15.0 Å². The number of halogens is 1. The molecular weight excluding hydrogens is 424 g/mol. The van der Waals surface area contributed by atoms with Gasteiger partial charge in [0.25, 0.3) is 0 Å². The number of carboxylic acids is 1. The van der Waals surface area contributed by atoms with Gasteiger partial charge in [-0.3, -0.25) is 14.9 Å². The number of sulfonamides is 1. The molecule has 150 valence electrons. The van der Waals surface area contributed by atoms with Crippen LogP contribution in [0.4, 0.5) is 0 Å². The number of nitrogens with one attached hydrogen (secondary N) is 1. The van der Waals surface area contributed by atoms with Crippen molar-refractivity contribution in [3.63, 3.8) is 0 Å². The second-order valence-corrected chi connectivity index (χ2v) is 7.43. The Morgan fingerprint density at radius 3 is 2.46 bits per heavy atom. The molecule has 0 spiro atoms. The second kappa shape index (κ2) is 12.4. The molecule has 1 rings (SSSR count). The summed E-state index contributed by atoms with van der Waals surface area (Å²) in [6, 6.07) is 2.82. The quantitative estimate of drug-likeness (QED) is 0.450. The molecule has 0 unspecified atom stereocenters. The number of hydrogen-bond acceptors (Lipinski definition) is 7. The highest BCUT2D eigenvalue weighted by molar-refractivity contribution is 7.98. The van der Waals surface area contributed by atoms with Crippen LogP contribution in [0.1, 0.15) is 16.8 Å². The summed E-state index contributed by atoms with van der Waals surface area (Å²) in [4.78, 5) is 23.3. The summed E-state index contributed by atoms with van der Waals surface area (Å²) in [7, 11) is -2.62. The fourth-order valence-corrected chi connectivity index (χ4v) is 2.95. The molecule has 0 radical (unpaired) electrons. The Morgan fingerprint density at radius 1 is 1.38 bits per heavy atom. The van der Waals surface area contributed by atoms with Gasteiger partial charge in [-0.15, -0.1) is 12.4 Å². The summed E-state index contributed by atoms with van der Waals surface area (Å²) in [6.45, 7) is -0.268. The molecule has 0 fully saturated rings. The van der Waals surface area contributed by atoms with Gasteiger partial charge in [0, 0.05) is 0 Å². The molecule has 0 aliphatic heterocycles. The van der Waals surface area contributed by atoms with Crippen LogP contribution in [0.2, 0.25) is 0 Å². The molecule has 0 heterocycles. The lowest BCUT2D eigenvalue weighted by atomic mass is 10.1. The number of methoxy groups -OCH3 is 1. The van der Waals surface area contributed by atoms with Crippen LogP contribution < -0.4 is 15.2 Å². The molecule has 0 amide bonds. The van der Waals surface area contributed by atoms with Gasteiger partial charge in [-0.2, -0.15) is 25.3 Å². The molecular formula is C14H23ClN2O6S3. The zero-order valence-corrected chi connectivity index (χ0v) is 17.7. The number of thioether (sulfide) groups is 1. The van der Waals surface area contributed by atoms with E-state index in [1.54, 1.807) is 0 Å². The smallest absolute Gasteiger partial charge is 0.320 e. The van der Waals surface area contributed by atoms with Crippen molar-refractivity contribution in [2.24, 2.45) is 5.14 Å². The summed E-state index contributed by atoms with van der Waals surface area (Å²) in [5.74, 6) is -0.734. The van der Waals surface area contributed by atoms with Gasteiger partial charge in [0.05, 0.1) is 24.1 Å². The van der Waals surface area contributed by atoms with Crippen LogP contribution in [-0.2, 0) is 14.8 Å². The highest BCUT2D eigenvalue weighted by atomic mass is 35.5. The molecule has 1 aromatic rings. The SMILES string of the molecule is COc1ccc(S(N)(=O)=O)cc1C(=O)CN[C@@H](CCSC)C(=O)O.Cl.S. The largest absolute Gasteiger partial charge is 0.496 e. The number of benzene rings is 1. The van der Waals surface area contributed by atoms with E-state index in [1.165, 1.54) is 31.0 Å². The Labute approximate surface area is 170 Å². The first-order valence-corrected chi connectivity index (χ1v) is 9.84. The van der Waals surface area contributed by atoms with E-state index in [0.29, 0.717) is 12.2 Å². The molecule has 0 bridgehead atoms.